The van der Waals surface area contributed by atoms with E-state index in [1.807, 2.05) is 32.0 Å². The van der Waals surface area contributed by atoms with Gasteiger partial charge in [0.1, 0.15) is 0 Å². The summed E-state index contributed by atoms with van der Waals surface area (Å²) in [5.41, 5.74) is 2.11. The lowest BCUT2D eigenvalue weighted by Gasteiger charge is -2.23. The minimum Gasteiger partial charge on any atom is -0.326 e. The van der Waals surface area contributed by atoms with E-state index in [-0.39, 0.29) is 17.4 Å². The van der Waals surface area contributed by atoms with Gasteiger partial charge in [0.15, 0.2) is 0 Å². The minimum atomic E-state index is 0.0250. The van der Waals surface area contributed by atoms with Gasteiger partial charge in [-0.05, 0) is 30.5 Å². The molecule has 0 fully saturated rings. The van der Waals surface area contributed by atoms with Crippen LogP contribution in [-0.4, -0.2) is 18.5 Å². The maximum absolute atomic E-state index is 12.0. The molecule has 1 amide bonds. The Morgan fingerprint density at radius 1 is 1.26 bits per heavy atom. The van der Waals surface area contributed by atoms with Crippen LogP contribution < -0.4 is 10.6 Å². The van der Waals surface area contributed by atoms with Crippen LogP contribution in [0.5, 0.6) is 0 Å². The summed E-state index contributed by atoms with van der Waals surface area (Å²) in [4.78, 5) is 12.0. The highest BCUT2D eigenvalue weighted by molar-refractivity contribution is 5.92. The molecule has 1 unspecified atom stereocenters. The predicted molar refractivity (Wildman–Crippen MR) is 81.5 cm³/mol. The Bertz CT molecular complexity index is 421. The van der Waals surface area contributed by atoms with Gasteiger partial charge in [-0.25, -0.2) is 0 Å². The molecule has 0 aliphatic rings. The van der Waals surface area contributed by atoms with Crippen molar-refractivity contribution >= 4 is 11.6 Å². The molecule has 0 spiro atoms. The van der Waals surface area contributed by atoms with Crippen LogP contribution in [0.1, 0.15) is 46.6 Å². The molecule has 1 aromatic rings. The first-order valence-electron chi connectivity index (χ1n) is 6.97. The molecule has 1 atom stereocenters. The molecular formula is C16H26N2O. The van der Waals surface area contributed by atoms with Crippen LogP contribution in [0.25, 0.3) is 0 Å². The molecule has 0 saturated heterocycles. The Morgan fingerprint density at radius 2 is 1.89 bits per heavy atom. The highest BCUT2D eigenvalue weighted by Crippen LogP contribution is 2.29. The van der Waals surface area contributed by atoms with Crippen molar-refractivity contribution in [2.45, 2.75) is 52.5 Å². The van der Waals surface area contributed by atoms with E-state index in [0.29, 0.717) is 6.42 Å². The summed E-state index contributed by atoms with van der Waals surface area (Å²) < 4.78 is 0. The van der Waals surface area contributed by atoms with Gasteiger partial charge in [0.2, 0.25) is 5.91 Å². The minimum absolute atomic E-state index is 0.0250. The number of hydrogen-bond acceptors (Lipinski definition) is 2. The zero-order valence-electron chi connectivity index (χ0n) is 12.7. The molecule has 0 aliphatic heterocycles. The van der Waals surface area contributed by atoms with Crippen molar-refractivity contribution in [2.75, 3.05) is 11.9 Å². The average Bonchev–Trinajstić information content (AvgIpc) is 2.28. The maximum atomic E-state index is 12.0. The molecule has 0 radical (unpaired) electrons. The number of benzene rings is 1. The fraction of sp³-hybridized carbons (Fsp3) is 0.562. The first-order valence-corrected chi connectivity index (χ1v) is 6.97. The Hall–Kier alpha value is -1.35. The van der Waals surface area contributed by atoms with E-state index in [1.54, 1.807) is 0 Å². The van der Waals surface area contributed by atoms with Crippen LogP contribution in [0.3, 0.4) is 0 Å². The van der Waals surface area contributed by atoms with Crippen molar-refractivity contribution in [1.82, 2.24) is 5.32 Å². The molecule has 3 nitrogen and oxygen atoms in total. The summed E-state index contributed by atoms with van der Waals surface area (Å²) in [5, 5.41) is 6.27. The van der Waals surface area contributed by atoms with E-state index < -0.39 is 0 Å². The number of carbonyl (C=O) groups excluding carboxylic acids is 1. The van der Waals surface area contributed by atoms with Gasteiger partial charge in [-0.3, -0.25) is 4.79 Å². The monoisotopic (exact) mass is 262 g/mol. The zero-order valence-corrected chi connectivity index (χ0v) is 12.7. The summed E-state index contributed by atoms with van der Waals surface area (Å²) in [6.45, 7) is 11.4. The van der Waals surface area contributed by atoms with Crippen LogP contribution in [-0.2, 0) is 10.2 Å². The van der Waals surface area contributed by atoms with Crippen molar-refractivity contribution < 1.29 is 4.79 Å². The maximum Gasteiger partial charge on any atom is 0.225 e. The first-order chi connectivity index (χ1) is 8.84. The third-order valence-corrected chi connectivity index (χ3v) is 3.05. The standard InChI is InChI=1S/C16H26N2O/c1-6-17-12(2)11-15(19)18-14-10-8-7-9-13(14)16(3,4)5/h7-10,12,17H,6,11H2,1-5H3,(H,18,19). The van der Waals surface area contributed by atoms with E-state index in [9.17, 15) is 4.79 Å². The second kappa shape index (κ2) is 6.71. The number of nitrogens with one attached hydrogen (secondary N) is 2. The SMILES string of the molecule is CCNC(C)CC(=O)Nc1ccccc1C(C)(C)C. The number of hydrogen-bond donors (Lipinski definition) is 2. The average molecular weight is 262 g/mol. The topological polar surface area (TPSA) is 41.1 Å². The highest BCUT2D eigenvalue weighted by atomic mass is 16.1. The van der Waals surface area contributed by atoms with Crippen LogP contribution in [0, 0.1) is 0 Å². The number of amides is 1. The molecular weight excluding hydrogens is 236 g/mol. The Kier molecular flexibility index (Phi) is 5.55. The number of anilines is 1. The quantitative estimate of drug-likeness (QED) is 0.854. The summed E-state index contributed by atoms with van der Waals surface area (Å²) in [5.74, 6) is 0.0603. The van der Waals surface area contributed by atoms with Crippen molar-refractivity contribution in [1.29, 1.82) is 0 Å². The second-order valence-electron chi connectivity index (χ2n) is 6.01. The normalized spacial score (nSPS) is 13.1. The van der Waals surface area contributed by atoms with Gasteiger partial charge < -0.3 is 10.6 Å². The molecule has 0 saturated carbocycles. The van der Waals surface area contributed by atoms with Crippen molar-refractivity contribution in [3.05, 3.63) is 29.8 Å². The third kappa shape index (κ3) is 5.03. The molecule has 0 aromatic heterocycles. The van der Waals surface area contributed by atoms with Crippen LogP contribution in [0.2, 0.25) is 0 Å². The van der Waals surface area contributed by atoms with Gasteiger partial charge in [0, 0.05) is 18.2 Å². The van der Waals surface area contributed by atoms with Gasteiger partial charge in [0.25, 0.3) is 0 Å². The largest absolute Gasteiger partial charge is 0.326 e. The van der Waals surface area contributed by atoms with E-state index in [4.69, 9.17) is 0 Å². The van der Waals surface area contributed by atoms with E-state index in [1.165, 1.54) is 5.56 Å². The molecule has 19 heavy (non-hydrogen) atoms. The second-order valence-corrected chi connectivity index (χ2v) is 6.01. The van der Waals surface area contributed by atoms with Gasteiger partial charge in [-0.1, -0.05) is 45.9 Å². The van der Waals surface area contributed by atoms with Crippen LogP contribution in [0.4, 0.5) is 5.69 Å². The molecule has 2 N–H and O–H groups in total. The summed E-state index contributed by atoms with van der Waals surface area (Å²) >= 11 is 0. The van der Waals surface area contributed by atoms with E-state index >= 15 is 0 Å². The third-order valence-electron chi connectivity index (χ3n) is 3.05. The van der Waals surface area contributed by atoms with Gasteiger partial charge in [-0.2, -0.15) is 0 Å². The van der Waals surface area contributed by atoms with E-state index in [0.717, 1.165) is 12.2 Å². The molecule has 1 rings (SSSR count). The predicted octanol–water partition coefficient (Wildman–Crippen LogP) is 3.31. The van der Waals surface area contributed by atoms with Crippen LogP contribution in [0.15, 0.2) is 24.3 Å². The van der Waals surface area contributed by atoms with Crippen molar-refractivity contribution in [3.8, 4) is 0 Å². The Labute approximate surface area is 116 Å². The fourth-order valence-corrected chi connectivity index (χ4v) is 2.15. The molecule has 0 bridgehead atoms. The van der Waals surface area contributed by atoms with Gasteiger partial charge >= 0.3 is 0 Å². The Morgan fingerprint density at radius 3 is 2.47 bits per heavy atom. The molecule has 0 heterocycles. The molecule has 1 aromatic carbocycles. The smallest absolute Gasteiger partial charge is 0.225 e. The number of rotatable bonds is 5. The zero-order chi connectivity index (χ0) is 14.5. The lowest BCUT2D eigenvalue weighted by atomic mass is 9.86. The molecule has 0 aliphatic carbocycles. The summed E-state index contributed by atoms with van der Waals surface area (Å²) in [6, 6.07) is 8.21. The highest BCUT2D eigenvalue weighted by Gasteiger charge is 2.18. The molecule has 3 heteroatoms. The summed E-state index contributed by atoms with van der Waals surface area (Å²) in [6.07, 6.45) is 0.492. The summed E-state index contributed by atoms with van der Waals surface area (Å²) in [7, 11) is 0. The Balaban J connectivity index is 2.75. The van der Waals surface area contributed by atoms with E-state index in [2.05, 4.69) is 37.5 Å². The number of para-hydroxylation sites is 1. The number of carbonyl (C=O) groups is 1. The fourth-order valence-electron chi connectivity index (χ4n) is 2.15. The van der Waals surface area contributed by atoms with Crippen molar-refractivity contribution in [2.24, 2.45) is 0 Å². The lowest BCUT2D eigenvalue weighted by Crippen LogP contribution is -2.30. The van der Waals surface area contributed by atoms with Gasteiger partial charge in [0.05, 0.1) is 0 Å². The lowest BCUT2D eigenvalue weighted by molar-refractivity contribution is -0.116. The van der Waals surface area contributed by atoms with Crippen molar-refractivity contribution in [3.63, 3.8) is 0 Å². The van der Waals surface area contributed by atoms with Crippen LogP contribution >= 0.6 is 0 Å². The van der Waals surface area contributed by atoms with Gasteiger partial charge in [-0.15, -0.1) is 0 Å². The first kappa shape index (κ1) is 15.7. The molecule has 106 valence electrons.